The minimum absolute atomic E-state index is 0.0704. The molecule has 0 aliphatic heterocycles. The standard InChI is InChI=1S/C26H26F5N5O3/c1-2-33-14-17(12-32)23(37)36-25(9-10-25)24(38)34-13-16-3-5-18(6-4-16)35-21-8-7-19(39-15-22(27)28)11-20(21)26(29,30)31/h2-8,11-12,14,22,35H,1,9-10,13,15,32H2,(H,34,38)(H,36,37)/b17-12+,33-14-. The van der Waals surface area contributed by atoms with Gasteiger partial charge in [-0.3, -0.25) is 14.6 Å². The van der Waals surface area contributed by atoms with E-state index in [9.17, 15) is 31.5 Å². The average molecular weight is 552 g/mol. The number of rotatable bonds is 12. The molecular weight excluding hydrogens is 525 g/mol. The summed E-state index contributed by atoms with van der Waals surface area (Å²) in [5.74, 6) is -1.28. The Morgan fingerprint density at radius 2 is 1.85 bits per heavy atom. The number of hydrogen-bond donors (Lipinski definition) is 4. The molecule has 2 aromatic rings. The minimum atomic E-state index is -4.76. The molecule has 0 unspecified atom stereocenters. The Balaban J connectivity index is 1.61. The lowest BCUT2D eigenvalue weighted by atomic mass is 10.1. The van der Waals surface area contributed by atoms with Crippen molar-refractivity contribution in [2.75, 3.05) is 11.9 Å². The third kappa shape index (κ3) is 8.03. The fraction of sp³-hybridized carbons (Fsp3) is 0.269. The van der Waals surface area contributed by atoms with E-state index < -0.39 is 36.2 Å². The van der Waals surface area contributed by atoms with Gasteiger partial charge in [-0.15, -0.1) is 0 Å². The molecule has 0 heterocycles. The number of nitrogens with one attached hydrogen (secondary N) is 3. The van der Waals surface area contributed by atoms with E-state index in [0.717, 1.165) is 18.3 Å². The third-order valence-electron chi connectivity index (χ3n) is 5.66. The van der Waals surface area contributed by atoms with Gasteiger partial charge in [0.2, 0.25) is 5.91 Å². The number of benzene rings is 2. The first-order valence-electron chi connectivity index (χ1n) is 11.6. The maximum absolute atomic E-state index is 13.5. The molecule has 2 aromatic carbocycles. The number of carbonyl (C=O) groups excluding carboxylic acids is 2. The summed E-state index contributed by atoms with van der Waals surface area (Å²) in [6, 6.07) is 9.16. The first-order valence-corrected chi connectivity index (χ1v) is 11.6. The van der Waals surface area contributed by atoms with E-state index in [2.05, 4.69) is 27.5 Å². The highest BCUT2D eigenvalue weighted by atomic mass is 19.4. The van der Waals surface area contributed by atoms with Gasteiger partial charge in [0.05, 0.1) is 16.8 Å². The van der Waals surface area contributed by atoms with E-state index >= 15 is 0 Å². The van der Waals surface area contributed by atoms with Crippen molar-refractivity contribution in [3.8, 4) is 5.75 Å². The fourth-order valence-electron chi connectivity index (χ4n) is 3.46. The van der Waals surface area contributed by atoms with Gasteiger partial charge in [0, 0.05) is 30.8 Å². The summed E-state index contributed by atoms with van der Waals surface area (Å²) in [4.78, 5) is 28.8. The smallest absolute Gasteiger partial charge is 0.418 e. The average Bonchev–Trinajstić information content (AvgIpc) is 3.67. The lowest BCUT2D eigenvalue weighted by Gasteiger charge is -2.18. The van der Waals surface area contributed by atoms with Gasteiger partial charge in [0.25, 0.3) is 12.3 Å². The quantitative estimate of drug-likeness (QED) is 0.177. The number of nitrogens with zero attached hydrogens (tertiary/aromatic N) is 1. The van der Waals surface area contributed by atoms with Gasteiger partial charge >= 0.3 is 6.18 Å². The lowest BCUT2D eigenvalue weighted by Crippen LogP contribution is -2.49. The van der Waals surface area contributed by atoms with Crippen LogP contribution in [0.15, 0.2) is 72.0 Å². The molecule has 2 amide bonds. The summed E-state index contributed by atoms with van der Waals surface area (Å²) < 4.78 is 70.0. The molecule has 0 radical (unpaired) electrons. The zero-order valence-electron chi connectivity index (χ0n) is 20.5. The predicted octanol–water partition coefficient (Wildman–Crippen LogP) is 4.41. The molecule has 3 rings (SSSR count). The van der Waals surface area contributed by atoms with Crippen LogP contribution in [0.1, 0.15) is 24.0 Å². The molecular formula is C26H26F5N5O3. The van der Waals surface area contributed by atoms with Gasteiger partial charge in [-0.2, -0.15) is 13.2 Å². The van der Waals surface area contributed by atoms with Crippen LogP contribution in [0, 0.1) is 0 Å². The van der Waals surface area contributed by atoms with Crippen LogP contribution in [0.3, 0.4) is 0 Å². The molecule has 1 aliphatic carbocycles. The Kier molecular flexibility index (Phi) is 9.28. The largest absolute Gasteiger partial charge is 0.488 e. The van der Waals surface area contributed by atoms with Gasteiger partial charge in [0.15, 0.2) is 0 Å². The molecule has 0 atom stereocenters. The van der Waals surface area contributed by atoms with Crippen molar-refractivity contribution in [1.29, 1.82) is 0 Å². The van der Waals surface area contributed by atoms with Gasteiger partial charge in [0.1, 0.15) is 17.9 Å². The summed E-state index contributed by atoms with van der Waals surface area (Å²) in [6.45, 7) is 2.50. The molecule has 0 bridgehead atoms. The second-order valence-electron chi connectivity index (χ2n) is 8.53. The van der Waals surface area contributed by atoms with Gasteiger partial charge in [-0.25, -0.2) is 8.78 Å². The van der Waals surface area contributed by atoms with E-state index in [1.807, 2.05) is 0 Å². The number of anilines is 2. The number of amides is 2. The zero-order valence-corrected chi connectivity index (χ0v) is 20.5. The molecule has 5 N–H and O–H groups in total. The summed E-state index contributed by atoms with van der Waals surface area (Å²) >= 11 is 0. The van der Waals surface area contributed by atoms with Crippen molar-refractivity contribution in [3.05, 3.63) is 78.1 Å². The maximum atomic E-state index is 13.5. The summed E-state index contributed by atoms with van der Waals surface area (Å²) in [6.07, 6.45) is -3.17. The van der Waals surface area contributed by atoms with Crippen LogP contribution in [0.25, 0.3) is 0 Å². The highest BCUT2D eigenvalue weighted by Gasteiger charge is 2.51. The number of alkyl halides is 5. The Hall–Kier alpha value is -4.42. The molecule has 1 saturated carbocycles. The zero-order chi connectivity index (χ0) is 28.6. The fourth-order valence-corrected chi connectivity index (χ4v) is 3.46. The normalized spacial score (nSPS) is 14.7. The van der Waals surface area contributed by atoms with Gasteiger partial charge in [-0.05, 0) is 48.7 Å². The van der Waals surface area contributed by atoms with Crippen LogP contribution >= 0.6 is 0 Å². The number of hydrogen-bond acceptors (Lipinski definition) is 6. The van der Waals surface area contributed by atoms with E-state index in [0.29, 0.717) is 30.2 Å². The van der Waals surface area contributed by atoms with Crippen LogP contribution in [0.5, 0.6) is 5.75 Å². The second kappa shape index (κ2) is 12.4. The van der Waals surface area contributed by atoms with Crippen LogP contribution < -0.4 is 26.4 Å². The molecule has 1 aliphatic rings. The number of halogens is 5. The molecule has 0 saturated heterocycles. The van der Waals surface area contributed by atoms with Crippen LogP contribution in [-0.2, 0) is 22.3 Å². The highest BCUT2D eigenvalue weighted by Crippen LogP contribution is 2.38. The highest BCUT2D eigenvalue weighted by molar-refractivity contribution is 6.13. The van der Waals surface area contributed by atoms with Crippen LogP contribution in [0.2, 0.25) is 0 Å². The second-order valence-corrected chi connectivity index (χ2v) is 8.53. The lowest BCUT2D eigenvalue weighted by molar-refractivity contribution is -0.137. The molecule has 13 heteroatoms. The maximum Gasteiger partial charge on any atom is 0.418 e. The van der Waals surface area contributed by atoms with Crippen molar-refractivity contribution in [1.82, 2.24) is 10.6 Å². The number of aliphatic imine (C=N–C) groups is 1. The summed E-state index contributed by atoms with van der Waals surface area (Å²) in [5, 5.41) is 8.06. The van der Waals surface area contributed by atoms with E-state index in [1.165, 1.54) is 24.5 Å². The van der Waals surface area contributed by atoms with Crippen LogP contribution in [0.4, 0.5) is 33.3 Å². The SMILES string of the molecule is C=C/N=C\C(=C/N)C(=O)NC1(C(=O)NCc2ccc(Nc3ccc(OCC(F)F)cc3C(F)(F)F)cc2)CC1. The molecule has 8 nitrogen and oxygen atoms in total. The minimum Gasteiger partial charge on any atom is -0.488 e. The van der Waals surface area contributed by atoms with Gasteiger partial charge in [-0.1, -0.05) is 18.7 Å². The Bertz CT molecular complexity index is 1260. The first-order chi connectivity index (χ1) is 18.5. The van der Waals surface area contributed by atoms with Crippen molar-refractivity contribution in [2.24, 2.45) is 10.7 Å². The monoisotopic (exact) mass is 551 g/mol. The predicted molar refractivity (Wildman–Crippen MR) is 136 cm³/mol. The molecule has 208 valence electrons. The van der Waals surface area contributed by atoms with Crippen molar-refractivity contribution in [2.45, 2.75) is 37.5 Å². The topological polar surface area (TPSA) is 118 Å². The third-order valence-corrected chi connectivity index (χ3v) is 5.66. The van der Waals surface area contributed by atoms with Crippen molar-refractivity contribution >= 4 is 29.4 Å². The van der Waals surface area contributed by atoms with Gasteiger partial charge < -0.3 is 26.4 Å². The van der Waals surface area contributed by atoms with E-state index in [1.54, 1.807) is 12.1 Å². The summed E-state index contributed by atoms with van der Waals surface area (Å²) in [5.41, 5.74) is 4.07. The van der Waals surface area contributed by atoms with Crippen LogP contribution in [-0.4, -0.2) is 36.6 Å². The van der Waals surface area contributed by atoms with E-state index in [4.69, 9.17) is 10.5 Å². The molecule has 0 spiro atoms. The van der Waals surface area contributed by atoms with Crippen molar-refractivity contribution < 1.29 is 36.3 Å². The molecule has 0 aromatic heterocycles. The van der Waals surface area contributed by atoms with Crippen molar-refractivity contribution in [3.63, 3.8) is 0 Å². The Morgan fingerprint density at radius 3 is 2.41 bits per heavy atom. The Labute approximate surface area is 220 Å². The molecule has 39 heavy (non-hydrogen) atoms. The number of ether oxygens (including phenoxy) is 1. The van der Waals surface area contributed by atoms with E-state index in [-0.39, 0.29) is 29.5 Å². The first kappa shape index (κ1) is 29.1. The number of carbonyl (C=O) groups is 2. The Morgan fingerprint density at radius 1 is 1.15 bits per heavy atom. The molecule has 1 fully saturated rings. The summed E-state index contributed by atoms with van der Waals surface area (Å²) in [7, 11) is 0. The number of nitrogens with two attached hydrogens (primary N) is 1.